The first-order valence-electron chi connectivity index (χ1n) is 11.6. The van der Waals surface area contributed by atoms with E-state index >= 15 is 0 Å². The lowest BCUT2D eigenvalue weighted by Crippen LogP contribution is -2.37. The molecule has 0 bridgehead atoms. The Kier molecular flexibility index (Phi) is 11.3. The number of anilines is 1. The molecule has 176 valence electrons. The lowest BCUT2D eigenvalue weighted by Gasteiger charge is -2.34. The van der Waals surface area contributed by atoms with Crippen molar-refractivity contribution in [3.8, 4) is 0 Å². The third-order valence-corrected chi connectivity index (χ3v) is 5.58. The lowest BCUT2D eigenvalue weighted by atomic mass is 9.95. The Labute approximate surface area is 194 Å². The molecule has 0 radical (unpaired) electrons. The molecule has 1 saturated heterocycles. The van der Waals surface area contributed by atoms with Crippen molar-refractivity contribution in [2.45, 2.75) is 45.8 Å². The van der Waals surface area contributed by atoms with Crippen LogP contribution in [0.1, 0.15) is 43.7 Å². The molecule has 1 aromatic rings. The zero-order valence-electron chi connectivity index (χ0n) is 20.1. The van der Waals surface area contributed by atoms with E-state index in [4.69, 9.17) is 19.9 Å². The van der Waals surface area contributed by atoms with Crippen molar-refractivity contribution in [1.29, 1.82) is 0 Å². The number of nitrogens with zero attached hydrogens (tertiary/aromatic N) is 1. The molecular weight excluding hydrogens is 400 g/mol. The molecule has 0 aromatic heterocycles. The van der Waals surface area contributed by atoms with Gasteiger partial charge in [-0.25, -0.2) is 0 Å². The van der Waals surface area contributed by atoms with E-state index in [1.54, 1.807) is 0 Å². The van der Waals surface area contributed by atoms with Gasteiger partial charge < -0.3 is 24.8 Å². The zero-order chi connectivity index (χ0) is 23.3. The Balaban J connectivity index is 2.17. The summed E-state index contributed by atoms with van der Waals surface area (Å²) in [5, 5.41) is 0. The zero-order valence-corrected chi connectivity index (χ0v) is 20.1. The number of ether oxygens (including phenoxy) is 3. The van der Waals surface area contributed by atoms with Crippen LogP contribution in [0.3, 0.4) is 0 Å². The summed E-state index contributed by atoms with van der Waals surface area (Å²) in [5.41, 5.74) is 10.7. The van der Waals surface area contributed by atoms with E-state index in [-0.39, 0.29) is 6.23 Å². The van der Waals surface area contributed by atoms with Gasteiger partial charge in [0.25, 0.3) is 0 Å². The lowest BCUT2D eigenvalue weighted by molar-refractivity contribution is 0.0174. The van der Waals surface area contributed by atoms with Crippen LogP contribution in [0.2, 0.25) is 0 Å². The Morgan fingerprint density at radius 1 is 1.28 bits per heavy atom. The molecule has 2 N–H and O–H groups in total. The first kappa shape index (κ1) is 25.9. The fraction of sp³-hybridized carbons (Fsp3) is 0.481. The van der Waals surface area contributed by atoms with E-state index in [0.717, 1.165) is 54.0 Å². The predicted octanol–water partition coefficient (Wildman–Crippen LogP) is 5.37. The van der Waals surface area contributed by atoms with Gasteiger partial charge in [-0.2, -0.15) is 0 Å². The molecule has 5 heteroatoms. The minimum atomic E-state index is 0.0860. The SMILES string of the molecule is C=C/C(=C\C(=C/C)OCCOCCCN)C(=C)c1cc(C)ccc1N(C)C1CCCCO1. The van der Waals surface area contributed by atoms with Crippen LogP contribution < -0.4 is 10.6 Å². The van der Waals surface area contributed by atoms with Crippen LogP contribution in [0.15, 0.2) is 60.9 Å². The van der Waals surface area contributed by atoms with Gasteiger partial charge in [0.2, 0.25) is 0 Å². The van der Waals surface area contributed by atoms with E-state index in [1.165, 1.54) is 12.0 Å². The molecule has 2 rings (SSSR count). The monoisotopic (exact) mass is 440 g/mol. The smallest absolute Gasteiger partial charge is 0.129 e. The van der Waals surface area contributed by atoms with Gasteiger partial charge in [0, 0.05) is 31.5 Å². The van der Waals surface area contributed by atoms with Crippen molar-refractivity contribution in [1.82, 2.24) is 0 Å². The quantitative estimate of drug-likeness (QED) is 0.254. The van der Waals surface area contributed by atoms with Crippen LogP contribution in [0.25, 0.3) is 5.57 Å². The average Bonchev–Trinajstić information content (AvgIpc) is 2.83. The number of rotatable bonds is 13. The summed E-state index contributed by atoms with van der Waals surface area (Å²) in [6.07, 6.45) is 10.0. The minimum Gasteiger partial charge on any atom is -0.492 e. The van der Waals surface area contributed by atoms with Gasteiger partial charge in [-0.3, -0.25) is 0 Å². The van der Waals surface area contributed by atoms with E-state index in [2.05, 4.69) is 50.2 Å². The highest BCUT2D eigenvalue weighted by Gasteiger charge is 2.22. The third-order valence-electron chi connectivity index (χ3n) is 5.58. The molecule has 5 nitrogen and oxygen atoms in total. The average molecular weight is 441 g/mol. The summed E-state index contributed by atoms with van der Waals surface area (Å²) in [7, 11) is 2.10. The second-order valence-corrected chi connectivity index (χ2v) is 8.03. The van der Waals surface area contributed by atoms with Crippen LogP contribution in [-0.4, -0.2) is 46.2 Å². The number of benzene rings is 1. The van der Waals surface area contributed by atoms with Gasteiger partial charge >= 0.3 is 0 Å². The maximum atomic E-state index is 6.02. The van der Waals surface area contributed by atoms with Gasteiger partial charge in [0.15, 0.2) is 0 Å². The molecule has 1 aromatic carbocycles. The highest BCUT2D eigenvalue weighted by Crippen LogP contribution is 2.34. The van der Waals surface area contributed by atoms with Crippen LogP contribution >= 0.6 is 0 Å². The van der Waals surface area contributed by atoms with Crippen molar-refractivity contribution in [2.75, 3.05) is 44.9 Å². The number of hydrogen-bond donors (Lipinski definition) is 1. The summed E-state index contributed by atoms with van der Waals surface area (Å²) in [6, 6.07) is 6.46. The molecule has 1 atom stereocenters. The first-order chi connectivity index (χ1) is 15.5. The molecule has 32 heavy (non-hydrogen) atoms. The number of allylic oxidation sites excluding steroid dienone is 5. The van der Waals surface area contributed by atoms with Crippen LogP contribution in [0.5, 0.6) is 0 Å². The molecule has 1 aliphatic heterocycles. The van der Waals surface area contributed by atoms with Crippen molar-refractivity contribution < 1.29 is 14.2 Å². The maximum absolute atomic E-state index is 6.02. The normalized spacial score (nSPS) is 17.2. The second-order valence-electron chi connectivity index (χ2n) is 8.03. The fourth-order valence-corrected chi connectivity index (χ4v) is 3.68. The summed E-state index contributed by atoms with van der Waals surface area (Å²) in [6.45, 7) is 15.6. The molecular formula is C27H40N2O3. The number of aryl methyl sites for hydroxylation is 1. The number of nitrogens with two attached hydrogens (primary N) is 1. The van der Waals surface area contributed by atoms with Crippen LogP contribution in [0, 0.1) is 6.92 Å². The molecule has 0 saturated carbocycles. The Bertz CT molecular complexity index is 807. The molecule has 1 unspecified atom stereocenters. The van der Waals surface area contributed by atoms with Crippen molar-refractivity contribution >= 4 is 11.3 Å². The van der Waals surface area contributed by atoms with Crippen molar-refractivity contribution in [3.63, 3.8) is 0 Å². The van der Waals surface area contributed by atoms with E-state index in [1.807, 2.05) is 25.2 Å². The van der Waals surface area contributed by atoms with Gasteiger partial charge in [-0.15, -0.1) is 0 Å². The highest BCUT2D eigenvalue weighted by molar-refractivity contribution is 5.87. The fourth-order valence-electron chi connectivity index (χ4n) is 3.68. The Morgan fingerprint density at radius 2 is 2.09 bits per heavy atom. The van der Waals surface area contributed by atoms with Crippen LogP contribution in [-0.2, 0) is 14.2 Å². The van der Waals surface area contributed by atoms with Crippen molar-refractivity contribution in [2.24, 2.45) is 5.73 Å². The summed E-state index contributed by atoms with van der Waals surface area (Å²) in [4.78, 5) is 2.23. The van der Waals surface area contributed by atoms with Gasteiger partial charge in [0.05, 0.1) is 6.61 Å². The summed E-state index contributed by atoms with van der Waals surface area (Å²) in [5.74, 6) is 0.765. The van der Waals surface area contributed by atoms with E-state index in [9.17, 15) is 0 Å². The van der Waals surface area contributed by atoms with Gasteiger partial charge in [-0.05, 0) is 81.5 Å². The highest BCUT2D eigenvalue weighted by atomic mass is 16.5. The summed E-state index contributed by atoms with van der Waals surface area (Å²) < 4.78 is 17.4. The molecule has 1 heterocycles. The Morgan fingerprint density at radius 3 is 2.75 bits per heavy atom. The third kappa shape index (κ3) is 7.66. The molecule has 0 amide bonds. The molecule has 1 fully saturated rings. The standard InChI is InChI=1S/C27H40N2O3/c1-6-23(20-24(7-2)31-18-17-30-15-10-14-28)22(4)25-19-21(3)12-13-26(25)29(5)27-11-8-9-16-32-27/h6-7,12-13,19-20,27H,1,4,8-11,14-18,28H2,2-3,5H3/b23-20+,24-7+. The first-order valence-corrected chi connectivity index (χ1v) is 11.6. The number of hydrogen-bond acceptors (Lipinski definition) is 5. The van der Waals surface area contributed by atoms with Gasteiger partial charge in [-0.1, -0.05) is 30.9 Å². The Hall–Kier alpha value is -2.34. The maximum Gasteiger partial charge on any atom is 0.129 e. The molecule has 0 aliphatic carbocycles. The predicted molar refractivity (Wildman–Crippen MR) is 135 cm³/mol. The van der Waals surface area contributed by atoms with Crippen LogP contribution in [0.4, 0.5) is 5.69 Å². The topological polar surface area (TPSA) is 57.0 Å². The van der Waals surface area contributed by atoms with E-state index < -0.39 is 0 Å². The molecule has 0 spiro atoms. The van der Waals surface area contributed by atoms with Gasteiger partial charge in [0.1, 0.15) is 18.6 Å². The summed E-state index contributed by atoms with van der Waals surface area (Å²) >= 11 is 0. The van der Waals surface area contributed by atoms with Crippen molar-refractivity contribution in [3.05, 3.63) is 72.0 Å². The minimum absolute atomic E-state index is 0.0860. The second kappa shape index (κ2) is 13.9. The molecule has 1 aliphatic rings. The largest absolute Gasteiger partial charge is 0.492 e. The van der Waals surface area contributed by atoms with E-state index in [0.29, 0.717) is 26.4 Å².